The normalized spacial score (nSPS) is 25.1. The van der Waals surface area contributed by atoms with Crippen LogP contribution < -0.4 is 5.32 Å². The maximum atomic E-state index is 9.55. The molecule has 1 saturated carbocycles. The molecule has 114 valence electrons. The standard InChI is InChI=1S/C18H26N2O/c1-17(2,9-6-10-21)14-20-16-11-18(12-16,13-19)15-7-4-3-5-8-15/h3-5,7-8,16,20-21H,6,9-12,14H2,1-2H3. The van der Waals surface area contributed by atoms with E-state index in [-0.39, 0.29) is 17.4 Å². The van der Waals surface area contributed by atoms with Crippen molar-refractivity contribution in [2.45, 2.75) is 51.0 Å². The summed E-state index contributed by atoms with van der Waals surface area (Å²) in [6.45, 7) is 5.65. The highest BCUT2D eigenvalue weighted by Crippen LogP contribution is 2.43. The fraction of sp³-hybridized carbons (Fsp3) is 0.611. The molecule has 1 fully saturated rings. The minimum absolute atomic E-state index is 0.195. The van der Waals surface area contributed by atoms with E-state index >= 15 is 0 Å². The van der Waals surface area contributed by atoms with Crippen LogP contribution in [0.25, 0.3) is 0 Å². The van der Waals surface area contributed by atoms with Crippen molar-refractivity contribution in [3.05, 3.63) is 35.9 Å². The predicted octanol–water partition coefficient (Wildman–Crippen LogP) is 3.00. The minimum Gasteiger partial charge on any atom is -0.396 e. The molecule has 1 aliphatic rings. The second-order valence-corrected chi connectivity index (χ2v) is 7.04. The van der Waals surface area contributed by atoms with Gasteiger partial charge in [-0.05, 0) is 36.7 Å². The van der Waals surface area contributed by atoms with Crippen LogP contribution in [0.2, 0.25) is 0 Å². The molecule has 0 spiro atoms. The number of nitrogens with zero attached hydrogens (tertiary/aromatic N) is 1. The van der Waals surface area contributed by atoms with Crippen LogP contribution >= 0.6 is 0 Å². The topological polar surface area (TPSA) is 56.0 Å². The Balaban J connectivity index is 1.84. The molecule has 3 nitrogen and oxygen atoms in total. The van der Waals surface area contributed by atoms with E-state index in [9.17, 15) is 5.26 Å². The van der Waals surface area contributed by atoms with Crippen molar-refractivity contribution in [2.24, 2.45) is 5.41 Å². The Bertz CT molecular complexity index is 484. The fourth-order valence-corrected chi connectivity index (χ4v) is 3.14. The van der Waals surface area contributed by atoms with E-state index in [2.05, 4.69) is 37.4 Å². The zero-order chi connectivity index (χ0) is 15.3. The zero-order valence-corrected chi connectivity index (χ0v) is 13.1. The van der Waals surface area contributed by atoms with Gasteiger partial charge in [0.25, 0.3) is 0 Å². The van der Waals surface area contributed by atoms with Crippen LogP contribution in [0, 0.1) is 16.7 Å². The summed E-state index contributed by atoms with van der Waals surface area (Å²) in [5.41, 5.74) is 1.04. The molecule has 0 radical (unpaired) electrons. The highest BCUT2D eigenvalue weighted by molar-refractivity contribution is 5.36. The van der Waals surface area contributed by atoms with Crippen LogP contribution in [0.5, 0.6) is 0 Å². The Kier molecular flexibility index (Phi) is 5.03. The summed E-state index contributed by atoms with van der Waals surface area (Å²) in [5.74, 6) is 0. The molecule has 0 atom stereocenters. The van der Waals surface area contributed by atoms with Crippen molar-refractivity contribution >= 4 is 0 Å². The van der Waals surface area contributed by atoms with Gasteiger partial charge in [0.15, 0.2) is 0 Å². The lowest BCUT2D eigenvalue weighted by atomic mass is 9.62. The molecule has 3 heteroatoms. The van der Waals surface area contributed by atoms with Crippen LogP contribution in [0.15, 0.2) is 30.3 Å². The summed E-state index contributed by atoms with van der Waals surface area (Å²) in [6, 6.07) is 13.1. The van der Waals surface area contributed by atoms with E-state index in [1.54, 1.807) is 0 Å². The third-order valence-corrected chi connectivity index (χ3v) is 4.61. The third kappa shape index (κ3) is 3.84. The van der Waals surface area contributed by atoms with Crippen molar-refractivity contribution in [1.29, 1.82) is 5.26 Å². The number of nitriles is 1. The molecule has 0 saturated heterocycles. The third-order valence-electron chi connectivity index (χ3n) is 4.61. The Hall–Kier alpha value is -1.37. The SMILES string of the molecule is CC(C)(CCCO)CNC1CC(C#N)(c2ccccc2)C1. The number of hydrogen-bond donors (Lipinski definition) is 2. The highest BCUT2D eigenvalue weighted by atomic mass is 16.2. The zero-order valence-electron chi connectivity index (χ0n) is 13.1. The van der Waals surface area contributed by atoms with Crippen LogP contribution in [-0.2, 0) is 5.41 Å². The first-order chi connectivity index (χ1) is 10.0. The molecule has 1 aromatic carbocycles. The van der Waals surface area contributed by atoms with Crippen molar-refractivity contribution in [3.63, 3.8) is 0 Å². The second-order valence-electron chi connectivity index (χ2n) is 7.04. The lowest BCUT2D eigenvalue weighted by Gasteiger charge is -2.44. The summed E-state index contributed by atoms with van der Waals surface area (Å²) in [7, 11) is 0. The molecule has 1 aliphatic carbocycles. The number of nitrogens with one attached hydrogen (secondary N) is 1. The molecule has 0 unspecified atom stereocenters. The summed E-state index contributed by atoms with van der Waals surface area (Å²) in [4.78, 5) is 0. The molecule has 2 N–H and O–H groups in total. The lowest BCUT2D eigenvalue weighted by Crippen LogP contribution is -2.52. The average molecular weight is 286 g/mol. The monoisotopic (exact) mass is 286 g/mol. The van der Waals surface area contributed by atoms with Crippen molar-refractivity contribution in [1.82, 2.24) is 5.32 Å². The summed E-state index contributed by atoms with van der Waals surface area (Å²) in [5, 5.41) is 22.1. The lowest BCUT2D eigenvalue weighted by molar-refractivity contribution is 0.186. The number of benzene rings is 1. The number of rotatable bonds is 7. The summed E-state index contributed by atoms with van der Waals surface area (Å²) in [6.07, 6.45) is 3.66. The molecule has 0 bridgehead atoms. The van der Waals surface area contributed by atoms with Gasteiger partial charge in [-0.25, -0.2) is 0 Å². The molecule has 2 rings (SSSR count). The van der Waals surface area contributed by atoms with E-state index in [1.165, 1.54) is 0 Å². The molecular formula is C18H26N2O. The van der Waals surface area contributed by atoms with Crippen molar-refractivity contribution in [3.8, 4) is 6.07 Å². The Morgan fingerprint density at radius 1 is 1.33 bits per heavy atom. The molecule has 21 heavy (non-hydrogen) atoms. The molecule has 0 aromatic heterocycles. The maximum absolute atomic E-state index is 9.55. The van der Waals surface area contributed by atoms with Gasteiger partial charge in [-0.2, -0.15) is 5.26 Å². The first kappa shape index (κ1) is 16.0. The van der Waals surface area contributed by atoms with Gasteiger partial charge in [-0.3, -0.25) is 0 Å². The van der Waals surface area contributed by atoms with Gasteiger partial charge in [0, 0.05) is 19.2 Å². The fourth-order valence-electron chi connectivity index (χ4n) is 3.14. The van der Waals surface area contributed by atoms with E-state index < -0.39 is 0 Å². The van der Waals surface area contributed by atoms with Gasteiger partial charge in [-0.1, -0.05) is 44.2 Å². The Labute approximate surface area is 128 Å². The molecule has 1 aromatic rings. The first-order valence-electron chi connectivity index (χ1n) is 7.82. The molecule has 0 amide bonds. The van der Waals surface area contributed by atoms with E-state index in [1.807, 2.05) is 18.2 Å². The number of aliphatic hydroxyl groups excluding tert-OH is 1. The first-order valence-corrected chi connectivity index (χ1v) is 7.82. The van der Waals surface area contributed by atoms with Crippen LogP contribution in [0.3, 0.4) is 0 Å². The quantitative estimate of drug-likeness (QED) is 0.810. The van der Waals surface area contributed by atoms with Crippen molar-refractivity contribution in [2.75, 3.05) is 13.2 Å². The average Bonchev–Trinajstić information content (AvgIpc) is 2.45. The van der Waals surface area contributed by atoms with Crippen LogP contribution in [-0.4, -0.2) is 24.3 Å². The van der Waals surface area contributed by atoms with Crippen LogP contribution in [0.1, 0.15) is 45.1 Å². The van der Waals surface area contributed by atoms with Gasteiger partial charge in [0.1, 0.15) is 0 Å². The van der Waals surface area contributed by atoms with Gasteiger partial charge in [0.2, 0.25) is 0 Å². The Morgan fingerprint density at radius 3 is 2.57 bits per heavy atom. The van der Waals surface area contributed by atoms with Crippen LogP contribution in [0.4, 0.5) is 0 Å². The van der Waals surface area contributed by atoms with E-state index in [0.29, 0.717) is 6.04 Å². The molecular weight excluding hydrogens is 260 g/mol. The van der Waals surface area contributed by atoms with E-state index in [4.69, 9.17) is 5.11 Å². The van der Waals surface area contributed by atoms with Gasteiger partial charge >= 0.3 is 0 Å². The highest BCUT2D eigenvalue weighted by Gasteiger charge is 2.46. The maximum Gasteiger partial charge on any atom is 0.0852 e. The second kappa shape index (κ2) is 6.60. The Morgan fingerprint density at radius 2 is 2.00 bits per heavy atom. The molecule has 0 aliphatic heterocycles. The van der Waals surface area contributed by atoms with E-state index in [0.717, 1.165) is 37.8 Å². The number of hydrogen-bond acceptors (Lipinski definition) is 3. The minimum atomic E-state index is -0.297. The smallest absolute Gasteiger partial charge is 0.0852 e. The summed E-state index contributed by atoms with van der Waals surface area (Å²) < 4.78 is 0. The van der Waals surface area contributed by atoms with Crippen molar-refractivity contribution < 1.29 is 5.11 Å². The summed E-state index contributed by atoms with van der Waals surface area (Å²) >= 11 is 0. The predicted molar refractivity (Wildman–Crippen MR) is 84.9 cm³/mol. The largest absolute Gasteiger partial charge is 0.396 e. The molecule has 0 heterocycles. The van der Waals surface area contributed by atoms with Gasteiger partial charge in [0.05, 0.1) is 11.5 Å². The number of aliphatic hydroxyl groups is 1. The van der Waals surface area contributed by atoms with Gasteiger partial charge in [-0.15, -0.1) is 0 Å². The van der Waals surface area contributed by atoms with Gasteiger partial charge < -0.3 is 10.4 Å².